The van der Waals surface area contributed by atoms with Crippen molar-refractivity contribution in [3.05, 3.63) is 38.6 Å². The number of nitrogens with zero attached hydrogens (tertiary/aromatic N) is 3. The highest BCUT2D eigenvalue weighted by molar-refractivity contribution is 5.61. The summed E-state index contributed by atoms with van der Waals surface area (Å²) >= 11 is 0. The molecule has 1 N–H and O–H groups in total. The van der Waals surface area contributed by atoms with Crippen molar-refractivity contribution >= 4 is 0 Å². The van der Waals surface area contributed by atoms with E-state index in [4.69, 9.17) is 0 Å². The van der Waals surface area contributed by atoms with Gasteiger partial charge in [0.15, 0.2) is 0 Å². The highest BCUT2D eigenvalue weighted by atomic mass is 19.4. The molecule has 8 heteroatoms. The van der Waals surface area contributed by atoms with Crippen LogP contribution < -0.4 is 5.69 Å². The molecule has 0 spiro atoms. The van der Waals surface area contributed by atoms with E-state index in [9.17, 15) is 23.1 Å². The lowest BCUT2D eigenvalue weighted by Crippen LogP contribution is -2.26. The second kappa shape index (κ2) is 4.89. The first-order valence-electron chi connectivity index (χ1n) is 6.51. The van der Waals surface area contributed by atoms with Crippen LogP contribution in [0.2, 0.25) is 0 Å². The van der Waals surface area contributed by atoms with Crippen molar-refractivity contribution in [1.82, 2.24) is 14.3 Å². The van der Waals surface area contributed by atoms with Crippen molar-refractivity contribution in [3.8, 4) is 11.4 Å². The van der Waals surface area contributed by atoms with E-state index < -0.39 is 17.7 Å². The molecular weight excluding hydrogens is 299 g/mol. The zero-order chi connectivity index (χ0) is 17.0. The number of phenolic OH excluding ortho intramolecular Hbond substituents is 1. The fraction of sp³-hybridized carbons (Fsp3) is 0.429. The van der Waals surface area contributed by atoms with Gasteiger partial charge in [-0.05, 0) is 44.4 Å². The molecule has 0 saturated heterocycles. The Balaban J connectivity index is 3.00. The van der Waals surface area contributed by atoms with E-state index in [1.807, 2.05) is 0 Å². The van der Waals surface area contributed by atoms with Crippen molar-refractivity contribution in [1.29, 1.82) is 0 Å². The molecule has 22 heavy (non-hydrogen) atoms. The van der Waals surface area contributed by atoms with Gasteiger partial charge in [-0.1, -0.05) is 0 Å². The van der Waals surface area contributed by atoms with Gasteiger partial charge in [0.2, 0.25) is 5.82 Å². The average Bonchev–Trinajstić information content (AvgIpc) is 2.72. The molecule has 0 amide bonds. The summed E-state index contributed by atoms with van der Waals surface area (Å²) < 4.78 is 40.7. The van der Waals surface area contributed by atoms with Gasteiger partial charge in [0, 0.05) is 12.6 Å². The van der Waals surface area contributed by atoms with Crippen LogP contribution in [0.25, 0.3) is 5.69 Å². The van der Waals surface area contributed by atoms with Crippen LogP contribution in [-0.2, 0) is 13.2 Å². The maximum atomic E-state index is 13.2. The number of hydrogen-bond donors (Lipinski definition) is 1. The molecular formula is C14H16F3N3O2. The minimum absolute atomic E-state index is 0.0195. The Labute approximate surface area is 124 Å². The molecule has 0 fully saturated rings. The Morgan fingerprint density at radius 2 is 1.55 bits per heavy atom. The third-order valence-electron chi connectivity index (χ3n) is 3.95. The zero-order valence-corrected chi connectivity index (χ0v) is 12.8. The summed E-state index contributed by atoms with van der Waals surface area (Å²) in [6.07, 6.45) is -4.78. The summed E-state index contributed by atoms with van der Waals surface area (Å²) in [7, 11) is 1.15. The molecule has 0 saturated carbocycles. The lowest BCUT2D eigenvalue weighted by atomic mass is 9.97. The van der Waals surface area contributed by atoms with Gasteiger partial charge in [-0.3, -0.25) is 0 Å². The molecule has 0 bridgehead atoms. The van der Waals surface area contributed by atoms with Crippen molar-refractivity contribution in [2.45, 2.75) is 33.9 Å². The molecule has 2 aromatic rings. The Morgan fingerprint density at radius 3 is 2.05 bits per heavy atom. The number of alkyl halides is 3. The third-order valence-corrected chi connectivity index (χ3v) is 3.95. The van der Waals surface area contributed by atoms with E-state index in [-0.39, 0.29) is 17.0 Å². The van der Waals surface area contributed by atoms with Crippen LogP contribution >= 0.6 is 0 Å². The van der Waals surface area contributed by atoms with Gasteiger partial charge in [-0.2, -0.15) is 13.2 Å². The quantitative estimate of drug-likeness (QED) is 0.880. The minimum atomic E-state index is -4.78. The molecule has 0 unspecified atom stereocenters. The van der Waals surface area contributed by atoms with Crippen molar-refractivity contribution in [2.24, 2.45) is 7.05 Å². The predicted molar refractivity (Wildman–Crippen MR) is 74.4 cm³/mol. The van der Waals surface area contributed by atoms with E-state index >= 15 is 0 Å². The summed E-state index contributed by atoms with van der Waals surface area (Å²) in [4.78, 5) is 12.1. The molecule has 0 aliphatic heterocycles. The van der Waals surface area contributed by atoms with Crippen molar-refractivity contribution in [3.63, 3.8) is 0 Å². The molecule has 0 aliphatic rings. The van der Waals surface area contributed by atoms with Gasteiger partial charge >= 0.3 is 11.9 Å². The Hall–Kier alpha value is -2.25. The predicted octanol–water partition coefficient (Wildman–Crippen LogP) is 2.53. The fourth-order valence-corrected chi connectivity index (χ4v) is 2.50. The smallest absolute Gasteiger partial charge is 0.452 e. The molecule has 0 atom stereocenters. The largest absolute Gasteiger partial charge is 0.507 e. The van der Waals surface area contributed by atoms with E-state index in [0.717, 1.165) is 7.05 Å². The molecule has 5 nitrogen and oxygen atoms in total. The molecule has 1 heterocycles. The number of halogens is 3. The number of aromatic nitrogens is 3. The Kier molecular flexibility index (Phi) is 3.59. The normalized spacial score (nSPS) is 12.0. The summed E-state index contributed by atoms with van der Waals surface area (Å²) in [5.41, 5.74) is 1.01. The van der Waals surface area contributed by atoms with Crippen molar-refractivity contribution in [2.75, 3.05) is 0 Å². The second-order valence-corrected chi connectivity index (χ2v) is 5.26. The van der Waals surface area contributed by atoms with E-state index in [1.165, 1.54) is 6.92 Å². The first-order valence-corrected chi connectivity index (χ1v) is 6.51. The van der Waals surface area contributed by atoms with Crippen LogP contribution in [0.3, 0.4) is 0 Å². The number of phenols is 1. The van der Waals surface area contributed by atoms with Gasteiger partial charge in [0.05, 0.1) is 5.69 Å². The second-order valence-electron chi connectivity index (χ2n) is 5.26. The monoisotopic (exact) mass is 315 g/mol. The highest BCUT2D eigenvalue weighted by Gasteiger charge is 2.40. The number of rotatable bonds is 1. The fourth-order valence-electron chi connectivity index (χ4n) is 2.50. The van der Waals surface area contributed by atoms with Crippen LogP contribution in [0.1, 0.15) is 28.1 Å². The summed E-state index contributed by atoms with van der Waals surface area (Å²) in [5, 5.41) is 13.4. The summed E-state index contributed by atoms with van der Waals surface area (Å²) in [6, 6.07) is 0. The zero-order valence-electron chi connectivity index (χ0n) is 12.8. The molecule has 0 radical (unpaired) electrons. The molecule has 1 aromatic heterocycles. The van der Waals surface area contributed by atoms with E-state index in [0.29, 0.717) is 25.9 Å². The highest BCUT2D eigenvalue weighted by Crippen LogP contribution is 2.36. The number of aromatic hydroxyl groups is 1. The SMILES string of the molecule is Cc1c(C)c(O)c(C)c(-n2c(C(F)(F)F)nn(C)c2=O)c1C. The van der Waals surface area contributed by atoms with Crippen LogP contribution in [0, 0.1) is 27.7 Å². The van der Waals surface area contributed by atoms with Gasteiger partial charge < -0.3 is 5.11 Å². The van der Waals surface area contributed by atoms with Gasteiger partial charge in [0.25, 0.3) is 0 Å². The number of hydrogen-bond acceptors (Lipinski definition) is 3. The Bertz CT molecular complexity index is 787. The van der Waals surface area contributed by atoms with Gasteiger partial charge in [-0.25, -0.2) is 14.0 Å². The van der Waals surface area contributed by atoms with Crippen LogP contribution in [0.4, 0.5) is 13.2 Å². The molecule has 1 aromatic carbocycles. The van der Waals surface area contributed by atoms with E-state index in [1.54, 1.807) is 20.8 Å². The maximum Gasteiger partial charge on any atom is 0.452 e. The van der Waals surface area contributed by atoms with Crippen LogP contribution in [0.15, 0.2) is 4.79 Å². The number of aryl methyl sites for hydroxylation is 1. The summed E-state index contributed by atoms with van der Waals surface area (Å²) in [6.45, 7) is 6.44. The molecule has 2 rings (SSSR count). The topological polar surface area (TPSA) is 60.0 Å². The lowest BCUT2D eigenvalue weighted by molar-refractivity contribution is -0.146. The first kappa shape index (κ1) is 16.1. The van der Waals surface area contributed by atoms with Crippen LogP contribution in [-0.4, -0.2) is 19.5 Å². The molecule has 0 aliphatic carbocycles. The first-order chi connectivity index (χ1) is 9.98. The standard InChI is InChI=1S/C14H16F3N3O2/c1-6-7(2)10(9(4)11(21)8(6)3)20-12(14(15,16)17)18-19(5)13(20)22/h21H,1-5H3. The minimum Gasteiger partial charge on any atom is -0.507 e. The molecule has 120 valence electrons. The van der Waals surface area contributed by atoms with Gasteiger partial charge in [-0.15, -0.1) is 5.10 Å². The third kappa shape index (κ3) is 2.18. The maximum absolute atomic E-state index is 13.2. The Morgan fingerprint density at radius 1 is 1.00 bits per heavy atom. The number of benzene rings is 1. The van der Waals surface area contributed by atoms with Crippen molar-refractivity contribution < 1.29 is 18.3 Å². The lowest BCUT2D eigenvalue weighted by Gasteiger charge is -2.18. The van der Waals surface area contributed by atoms with Gasteiger partial charge in [0.1, 0.15) is 5.75 Å². The summed E-state index contributed by atoms with van der Waals surface area (Å²) in [5.74, 6) is -1.43. The average molecular weight is 315 g/mol. The van der Waals surface area contributed by atoms with Crippen LogP contribution in [0.5, 0.6) is 5.75 Å². The van der Waals surface area contributed by atoms with E-state index in [2.05, 4.69) is 5.10 Å².